The van der Waals surface area contributed by atoms with E-state index in [-0.39, 0.29) is 54.6 Å². The minimum Gasteiger partial charge on any atom is -0.465 e. The molecule has 0 spiro atoms. The largest absolute Gasteiger partial charge is 0.465 e. The Balaban J connectivity index is 1.25. The molecular weight excluding hydrogens is 752 g/mol. The Kier molecular flexibility index (Phi) is 9.12. The van der Waals surface area contributed by atoms with E-state index in [1.807, 2.05) is 4.90 Å². The van der Waals surface area contributed by atoms with Crippen LogP contribution in [0.5, 0.6) is 6.01 Å². The fourth-order valence-electron chi connectivity index (χ4n) is 9.44. The van der Waals surface area contributed by atoms with Crippen molar-refractivity contribution in [3.05, 3.63) is 34.9 Å². The number of carboxylic acid groups (broad SMARTS) is 1. The molecule has 12 nitrogen and oxygen atoms in total. The predicted octanol–water partition coefficient (Wildman–Crippen LogP) is 8.94. The number of benzene rings is 2. The summed E-state index contributed by atoms with van der Waals surface area (Å²) in [5.41, 5.74) is -1.81. The molecule has 4 fully saturated rings. The quantitative estimate of drug-likeness (QED) is 0.195. The molecule has 4 aromatic rings. The van der Waals surface area contributed by atoms with Crippen molar-refractivity contribution in [1.82, 2.24) is 24.8 Å². The molecule has 2 amide bonds. The third-order valence-corrected chi connectivity index (χ3v) is 13.3. The van der Waals surface area contributed by atoms with Crippen molar-refractivity contribution in [3.8, 4) is 17.1 Å². The van der Waals surface area contributed by atoms with Crippen molar-refractivity contribution in [1.29, 1.82) is 0 Å². The van der Waals surface area contributed by atoms with E-state index in [1.54, 1.807) is 31.7 Å². The molecule has 6 heterocycles. The summed E-state index contributed by atoms with van der Waals surface area (Å²) >= 11 is 7.89. The number of carbonyl (C=O) groups is 2. The third-order valence-electron chi connectivity index (χ3n) is 12.0. The number of nitrogens with zero attached hydrogens (tertiary/aromatic N) is 6. The van der Waals surface area contributed by atoms with E-state index in [1.165, 1.54) is 12.1 Å². The Morgan fingerprint density at radius 1 is 1.05 bits per heavy atom. The van der Waals surface area contributed by atoms with Crippen LogP contribution in [0.3, 0.4) is 0 Å². The number of thiazole rings is 1. The summed E-state index contributed by atoms with van der Waals surface area (Å²) in [7, 11) is 0. The lowest BCUT2D eigenvalue weighted by atomic mass is 9.71. The van der Waals surface area contributed by atoms with Crippen molar-refractivity contribution in [2.75, 3.05) is 43.0 Å². The number of halogens is 3. The molecule has 2 aromatic heterocycles. The highest BCUT2D eigenvalue weighted by molar-refractivity contribution is 7.22. The van der Waals surface area contributed by atoms with Crippen LogP contribution in [0.2, 0.25) is 5.02 Å². The molecule has 0 saturated carbocycles. The smallest absolute Gasteiger partial charge is 0.413 e. The van der Waals surface area contributed by atoms with E-state index < -0.39 is 40.4 Å². The Hall–Kier alpha value is -4.08. The van der Waals surface area contributed by atoms with Gasteiger partial charge in [-0.3, -0.25) is 15.1 Å². The zero-order valence-electron chi connectivity index (χ0n) is 31.9. The predicted molar refractivity (Wildman–Crippen MR) is 208 cm³/mol. The second kappa shape index (κ2) is 13.3. The summed E-state index contributed by atoms with van der Waals surface area (Å²) in [6.07, 6.45) is 3.78. The summed E-state index contributed by atoms with van der Waals surface area (Å²) in [5.74, 6) is -0.953. The van der Waals surface area contributed by atoms with Gasteiger partial charge in [0.05, 0.1) is 32.4 Å². The lowest BCUT2D eigenvalue weighted by Crippen LogP contribution is -2.68. The molecule has 0 aliphatic carbocycles. The average molecular weight is 798 g/mol. The minimum atomic E-state index is -0.957. The number of ether oxygens (including phenoxy) is 2. The van der Waals surface area contributed by atoms with Gasteiger partial charge in [-0.1, -0.05) is 43.7 Å². The van der Waals surface area contributed by atoms with E-state index >= 15 is 8.78 Å². The SMILES string of the molecule is CC(C)(C)OC(=O)Nc1nc2c(-c3c(Cl)cc4c(N5CC6CCC(C(C)(C)C)(C5)N6C(=O)O)nc(OCC56CCCN5CCC6)nc4c3F)ccc(F)c2s1. The van der Waals surface area contributed by atoms with Crippen LogP contribution in [0.1, 0.15) is 80.1 Å². The highest BCUT2D eigenvalue weighted by atomic mass is 35.5. The van der Waals surface area contributed by atoms with Crippen LogP contribution in [0, 0.1) is 17.0 Å². The molecule has 2 aromatic carbocycles. The number of nitrogens with one attached hydrogen (secondary N) is 1. The van der Waals surface area contributed by atoms with E-state index in [0.717, 1.165) is 50.1 Å². The molecule has 0 radical (unpaired) electrons. The Bertz CT molecular complexity index is 2210. The first-order chi connectivity index (χ1) is 25.9. The fraction of sp³-hybridized carbons (Fsp3) is 0.564. The maximum Gasteiger partial charge on any atom is 0.413 e. The molecule has 2 N–H and O–H groups in total. The number of piperazine rings is 1. The van der Waals surface area contributed by atoms with E-state index in [0.29, 0.717) is 43.7 Å². The normalized spacial score (nSPS) is 22.5. The molecule has 4 aliphatic rings. The molecule has 2 atom stereocenters. The zero-order chi connectivity index (χ0) is 39.2. The van der Waals surface area contributed by atoms with Gasteiger partial charge in [0.1, 0.15) is 29.4 Å². The summed E-state index contributed by atoms with van der Waals surface area (Å²) < 4.78 is 44.5. The lowest BCUT2D eigenvalue weighted by molar-refractivity contribution is 0.00527. The van der Waals surface area contributed by atoms with Gasteiger partial charge in [-0.25, -0.2) is 23.4 Å². The minimum absolute atomic E-state index is 0.0161. The van der Waals surface area contributed by atoms with E-state index in [2.05, 4.69) is 41.0 Å². The number of carbonyl (C=O) groups excluding carboxylic acids is 1. The van der Waals surface area contributed by atoms with Crippen LogP contribution in [-0.4, -0.2) is 97.6 Å². The number of aromatic nitrogens is 3. The number of rotatable bonds is 6. The second-order valence-corrected chi connectivity index (χ2v) is 18.8. The maximum atomic E-state index is 17.4. The molecule has 4 aliphatic heterocycles. The fourth-order valence-corrected chi connectivity index (χ4v) is 10.6. The molecule has 8 rings (SSSR count). The molecule has 2 unspecified atom stereocenters. The molecular formula is C39H46ClF2N7O5S. The second-order valence-electron chi connectivity index (χ2n) is 17.4. The summed E-state index contributed by atoms with van der Waals surface area (Å²) in [6, 6.07) is 3.95. The van der Waals surface area contributed by atoms with Crippen molar-refractivity contribution < 1.29 is 33.0 Å². The van der Waals surface area contributed by atoms with Gasteiger partial charge in [-0.2, -0.15) is 9.97 Å². The van der Waals surface area contributed by atoms with Gasteiger partial charge in [0.2, 0.25) is 0 Å². The topological polar surface area (TPSA) is 133 Å². The molecule has 55 heavy (non-hydrogen) atoms. The van der Waals surface area contributed by atoms with Crippen LogP contribution >= 0.6 is 22.9 Å². The van der Waals surface area contributed by atoms with E-state index in [9.17, 15) is 14.7 Å². The summed E-state index contributed by atoms with van der Waals surface area (Å²) in [6.45, 7) is 14.4. The molecule has 294 valence electrons. The summed E-state index contributed by atoms with van der Waals surface area (Å²) in [5, 5.41) is 13.4. The highest BCUT2D eigenvalue weighted by Gasteiger charge is 2.59. The lowest BCUT2D eigenvalue weighted by Gasteiger charge is -2.54. The number of amides is 2. The van der Waals surface area contributed by atoms with Gasteiger partial charge >= 0.3 is 18.2 Å². The summed E-state index contributed by atoms with van der Waals surface area (Å²) in [4.78, 5) is 45.5. The Labute approximate surface area is 327 Å². The number of hydrogen-bond acceptors (Lipinski definition) is 10. The average Bonchev–Trinajstić information content (AvgIpc) is 3.85. The van der Waals surface area contributed by atoms with Gasteiger partial charge in [-0.15, -0.1) is 0 Å². The van der Waals surface area contributed by atoms with Gasteiger partial charge < -0.3 is 19.5 Å². The van der Waals surface area contributed by atoms with Crippen molar-refractivity contribution in [2.45, 2.75) is 103 Å². The van der Waals surface area contributed by atoms with Crippen molar-refractivity contribution >= 4 is 67.2 Å². The number of fused-ring (bicyclic) bond motifs is 5. The Morgan fingerprint density at radius 2 is 1.78 bits per heavy atom. The molecule has 16 heteroatoms. The van der Waals surface area contributed by atoms with Gasteiger partial charge in [0, 0.05) is 29.6 Å². The number of anilines is 2. The Morgan fingerprint density at radius 3 is 2.45 bits per heavy atom. The van der Waals surface area contributed by atoms with Gasteiger partial charge in [0.15, 0.2) is 10.9 Å². The highest BCUT2D eigenvalue weighted by Crippen LogP contribution is 2.51. The van der Waals surface area contributed by atoms with Gasteiger partial charge in [0.25, 0.3) is 0 Å². The first kappa shape index (κ1) is 37.8. The van der Waals surface area contributed by atoms with Crippen molar-refractivity contribution in [2.24, 2.45) is 5.41 Å². The monoisotopic (exact) mass is 797 g/mol. The first-order valence-corrected chi connectivity index (χ1v) is 20.0. The molecule has 4 saturated heterocycles. The van der Waals surface area contributed by atoms with Crippen LogP contribution < -0.4 is 15.0 Å². The first-order valence-electron chi connectivity index (χ1n) is 18.8. The van der Waals surface area contributed by atoms with Crippen LogP contribution in [0.15, 0.2) is 18.2 Å². The van der Waals surface area contributed by atoms with Crippen LogP contribution in [-0.2, 0) is 4.74 Å². The molecule has 2 bridgehead atoms. The zero-order valence-corrected chi connectivity index (χ0v) is 33.5. The van der Waals surface area contributed by atoms with E-state index in [4.69, 9.17) is 26.1 Å². The number of hydrogen-bond donors (Lipinski definition) is 2. The van der Waals surface area contributed by atoms with Gasteiger partial charge in [-0.05, 0) is 96.0 Å². The maximum absolute atomic E-state index is 17.4. The van der Waals surface area contributed by atoms with Crippen LogP contribution in [0.25, 0.3) is 32.2 Å². The van der Waals surface area contributed by atoms with Crippen molar-refractivity contribution in [3.63, 3.8) is 0 Å². The standard InChI is InChI=1S/C39H46ClF2N7O5S/c1-36(2,3)39-14-11-21(49(39)35(51)52)18-47(19-39)31-23-17-24(40)26(22-9-10-25(41)30-29(22)44-33(55-30)46-34(50)54-37(4,5)6)27(42)28(23)43-32(45-31)53-20-38-12-7-15-48(38)16-8-13-38/h9-10,17,21H,7-8,11-16,18-20H2,1-6H3,(H,51,52)(H,44,46,50). The van der Waals surface area contributed by atoms with Crippen LogP contribution in [0.4, 0.5) is 29.3 Å². The third kappa shape index (κ3) is 6.39.